The Morgan fingerprint density at radius 1 is 1.17 bits per heavy atom. The zero-order valence-electron chi connectivity index (χ0n) is 24.2. The number of hydrogen-bond acceptors (Lipinski definition) is 9. The molecule has 222 valence electrons. The summed E-state index contributed by atoms with van der Waals surface area (Å²) in [6.45, 7) is 7.15. The number of fused-ring (bicyclic) bond motifs is 1. The van der Waals surface area contributed by atoms with Gasteiger partial charge in [-0.25, -0.2) is 4.79 Å². The first-order chi connectivity index (χ1) is 19.8. The second-order valence-corrected chi connectivity index (χ2v) is 10.5. The molecule has 1 saturated heterocycles. The van der Waals surface area contributed by atoms with Gasteiger partial charge in [-0.15, -0.1) is 0 Å². The predicted octanol–water partition coefficient (Wildman–Crippen LogP) is 2.96. The van der Waals surface area contributed by atoms with Crippen molar-refractivity contribution in [3.05, 3.63) is 40.3 Å². The smallest absolute Gasteiger partial charge is 0.327 e. The Morgan fingerprint density at radius 3 is 2.68 bits per heavy atom. The monoisotopic (exact) mass is 567 g/mol. The van der Waals surface area contributed by atoms with E-state index in [1.54, 1.807) is 19.1 Å². The van der Waals surface area contributed by atoms with E-state index in [2.05, 4.69) is 33.8 Å². The van der Waals surface area contributed by atoms with Crippen molar-refractivity contribution in [2.45, 2.75) is 65.5 Å². The number of aryl methyl sites for hydroxylation is 1. The van der Waals surface area contributed by atoms with Gasteiger partial charge >= 0.3 is 17.7 Å². The van der Waals surface area contributed by atoms with Gasteiger partial charge in [0, 0.05) is 32.0 Å². The van der Waals surface area contributed by atoms with Gasteiger partial charge in [0.05, 0.1) is 6.61 Å². The molecule has 3 N–H and O–H groups in total. The SMILES string of the molecule is CCCCOc1nc(N)c2[nH]c(=O)n(CCCN(Cc3cccc(OC(=O)CC)c3)C(=O)C3CCN(C)CC3)c2n1. The number of aromatic amines is 1. The fourth-order valence-electron chi connectivity index (χ4n) is 4.94. The first-order valence-corrected chi connectivity index (χ1v) is 14.4. The number of esters is 1. The number of carbonyl (C=O) groups is 2. The van der Waals surface area contributed by atoms with Crippen LogP contribution < -0.4 is 20.9 Å². The summed E-state index contributed by atoms with van der Waals surface area (Å²) in [6.07, 6.45) is 4.23. The Bertz CT molecular complexity index is 1390. The summed E-state index contributed by atoms with van der Waals surface area (Å²) in [5, 5.41) is 0. The molecule has 1 aliphatic heterocycles. The first kappa shape index (κ1) is 30.0. The molecule has 0 saturated carbocycles. The number of nitrogens with two attached hydrogens (primary N) is 1. The van der Waals surface area contributed by atoms with Crippen molar-refractivity contribution in [2.24, 2.45) is 5.92 Å². The lowest BCUT2D eigenvalue weighted by atomic mass is 9.95. The molecule has 0 spiro atoms. The van der Waals surface area contributed by atoms with Crippen molar-refractivity contribution in [3.8, 4) is 11.8 Å². The molecule has 2 aromatic heterocycles. The van der Waals surface area contributed by atoms with Gasteiger partial charge in [-0.2, -0.15) is 9.97 Å². The largest absolute Gasteiger partial charge is 0.463 e. The van der Waals surface area contributed by atoms with Crippen LogP contribution in [-0.2, 0) is 22.7 Å². The van der Waals surface area contributed by atoms with Crippen molar-refractivity contribution >= 4 is 28.9 Å². The lowest BCUT2D eigenvalue weighted by molar-refractivity contribution is -0.138. The van der Waals surface area contributed by atoms with E-state index in [1.807, 2.05) is 17.0 Å². The Hall–Kier alpha value is -3.93. The minimum absolute atomic E-state index is 0.0570. The molecule has 1 aliphatic rings. The number of hydrogen-bond donors (Lipinski definition) is 2. The van der Waals surface area contributed by atoms with Crippen molar-refractivity contribution in [1.82, 2.24) is 29.3 Å². The quantitative estimate of drug-likeness (QED) is 0.181. The number of rotatable bonds is 13. The van der Waals surface area contributed by atoms with Crippen molar-refractivity contribution < 1.29 is 19.1 Å². The van der Waals surface area contributed by atoms with Crippen LogP contribution in [0.5, 0.6) is 11.8 Å². The molecule has 12 heteroatoms. The molecule has 41 heavy (non-hydrogen) atoms. The van der Waals surface area contributed by atoms with Gasteiger partial charge in [0.15, 0.2) is 11.5 Å². The summed E-state index contributed by atoms with van der Waals surface area (Å²) in [5.74, 6) is 0.339. The molecule has 4 rings (SSSR count). The van der Waals surface area contributed by atoms with Crippen molar-refractivity contribution in [1.29, 1.82) is 0 Å². The maximum Gasteiger partial charge on any atom is 0.327 e. The number of H-pyrrole nitrogens is 1. The predicted molar refractivity (Wildman–Crippen MR) is 156 cm³/mol. The zero-order chi connectivity index (χ0) is 29.4. The Balaban J connectivity index is 1.51. The molecule has 0 unspecified atom stereocenters. The third-order valence-electron chi connectivity index (χ3n) is 7.34. The topological polar surface area (TPSA) is 149 Å². The highest BCUT2D eigenvalue weighted by atomic mass is 16.5. The number of ether oxygens (including phenoxy) is 2. The number of imidazole rings is 1. The Kier molecular flexibility index (Phi) is 10.3. The first-order valence-electron chi connectivity index (χ1n) is 14.4. The minimum Gasteiger partial charge on any atom is -0.463 e. The number of aromatic nitrogens is 4. The van der Waals surface area contributed by atoms with E-state index in [-0.39, 0.29) is 41.7 Å². The highest BCUT2D eigenvalue weighted by molar-refractivity contribution is 5.82. The lowest BCUT2D eigenvalue weighted by Crippen LogP contribution is -2.42. The molecule has 1 amide bonds. The van der Waals surface area contributed by atoms with Gasteiger partial charge in [-0.1, -0.05) is 32.4 Å². The molecular weight excluding hydrogens is 526 g/mol. The number of nitrogens with one attached hydrogen (secondary N) is 1. The van der Waals surface area contributed by atoms with E-state index in [0.29, 0.717) is 49.6 Å². The summed E-state index contributed by atoms with van der Waals surface area (Å²) < 4.78 is 12.5. The number of benzene rings is 1. The third-order valence-corrected chi connectivity index (χ3v) is 7.34. The number of amides is 1. The summed E-state index contributed by atoms with van der Waals surface area (Å²) >= 11 is 0. The fourth-order valence-corrected chi connectivity index (χ4v) is 4.94. The third kappa shape index (κ3) is 7.84. The molecule has 3 aromatic rings. The fraction of sp³-hybridized carbons (Fsp3) is 0.552. The second-order valence-electron chi connectivity index (χ2n) is 10.5. The summed E-state index contributed by atoms with van der Waals surface area (Å²) in [7, 11) is 2.07. The van der Waals surface area contributed by atoms with Crippen LogP contribution in [0.15, 0.2) is 29.1 Å². The van der Waals surface area contributed by atoms with Gasteiger partial charge < -0.3 is 30.0 Å². The molecule has 0 bridgehead atoms. The van der Waals surface area contributed by atoms with E-state index < -0.39 is 0 Å². The molecule has 12 nitrogen and oxygen atoms in total. The maximum absolute atomic E-state index is 13.7. The van der Waals surface area contributed by atoms with Gasteiger partial charge in [-0.05, 0) is 63.5 Å². The number of nitrogens with zero attached hydrogens (tertiary/aromatic N) is 5. The molecular formula is C29H41N7O5. The van der Waals surface area contributed by atoms with Crippen molar-refractivity contribution in [2.75, 3.05) is 39.0 Å². The maximum atomic E-state index is 13.7. The standard InChI is InChI=1S/C29H41N7O5/c1-4-6-17-40-28-32-25(30)24-26(33-28)36(29(39)31-24)14-8-13-35(27(38)21-11-15-34(3)16-12-21)19-20-9-7-10-22(18-20)41-23(37)5-2/h7,9-10,18,21H,4-6,8,11-17,19H2,1-3H3,(H,31,39)(H2,30,32,33). The van der Waals surface area contributed by atoms with Gasteiger partial charge in [-0.3, -0.25) is 14.2 Å². The van der Waals surface area contributed by atoms with E-state index in [9.17, 15) is 14.4 Å². The van der Waals surface area contributed by atoms with Crippen LogP contribution >= 0.6 is 0 Å². The number of nitrogen functional groups attached to an aromatic ring is 1. The zero-order valence-corrected chi connectivity index (χ0v) is 24.2. The van der Waals surface area contributed by atoms with Crippen LogP contribution in [-0.4, -0.2) is 74.5 Å². The van der Waals surface area contributed by atoms with Crippen LogP contribution in [0.2, 0.25) is 0 Å². The van der Waals surface area contributed by atoms with Crippen LogP contribution in [0.4, 0.5) is 5.82 Å². The van der Waals surface area contributed by atoms with Crippen LogP contribution in [0.25, 0.3) is 11.2 Å². The Labute approximate surface area is 239 Å². The normalized spacial score (nSPS) is 14.3. The molecule has 0 aliphatic carbocycles. The molecule has 0 radical (unpaired) electrons. The molecule has 0 atom stereocenters. The van der Waals surface area contributed by atoms with E-state index in [4.69, 9.17) is 15.2 Å². The average molecular weight is 568 g/mol. The number of carbonyl (C=O) groups excluding carboxylic acids is 2. The van der Waals surface area contributed by atoms with Gasteiger partial charge in [0.2, 0.25) is 5.91 Å². The number of anilines is 1. The summed E-state index contributed by atoms with van der Waals surface area (Å²) in [4.78, 5) is 53.7. The van der Waals surface area contributed by atoms with E-state index >= 15 is 0 Å². The number of likely N-dealkylation sites (tertiary alicyclic amines) is 1. The van der Waals surface area contributed by atoms with Crippen molar-refractivity contribution in [3.63, 3.8) is 0 Å². The minimum atomic E-state index is -0.342. The van der Waals surface area contributed by atoms with Crippen LogP contribution in [0.3, 0.4) is 0 Å². The molecule has 3 heterocycles. The molecule has 1 aromatic carbocycles. The second kappa shape index (κ2) is 14.1. The summed E-state index contributed by atoms with van der Waals surface area (Å²) in [5.41, 5.74) is 7.36. The van der Waals surface area contributed by atoms with Crippen LogP contribution in [0, 0.1) is 5.92 Å². The molecule has 1 fully saturated rings. The number of piperidine rings is 1. The number of unbranched alkanes of at least 4 members (excludes halogenated alkanes) is 1. The highest BCUT2D eigenvalue weighted by Gasteiger charge is 2.28. The average Bonchev–Trinajstić information content (AvgIpc) is 3.28. The summed E-state index contributed by atoms with van der Waals surface area (Å²) in [6, 6.07) is 7.41. The van der Waals surface area contributed by atoms with E-state index in [1.165, 1.54) is 4.57 Å². The van der Waals surface area contributed by atoms with Crippen LogP contribution in [0.1, 0.15) is 57.9 Å². The Morgan fingerprint density at radius 2 is 1.95 bits per heavy atom. The highest BCUT2D eigenvalue weighted by Crippen LogP contribution is 2.23. The van der Waals surface area contributed by atoms with Gasteiger partial charge in [0.1, 0.15) is 11.3 Å². The van der Waals surface area contributed by atoms with E-state index in [0.717, 1.165) is 44.3 Å². The lowest BCUT2D eigenvalue weighted by Gasteiger charge is -2.32. The van der Waals surface area contributed by atoms with Gasteiger partial charge in [0.25, 0.3) is 0 Å².